The van der Waals surface area contributed by atoms with E-state index in [9.17, 15) is 23.7 Å². The first kappa shape index (κ1) is 16.1. The summed E-state index contributed by atoms with van der Waals surface area (Å²) in [6.07, 6.45) is -0.747. The zero-order valence-electron chi connectivity index (χ0n) is 11.6. The van der Waals surface area contributed by atoms with Crippen LogP contribution in [-0.4, -0.2) is 22.9 Å². The number of nitrogens with one attached hydrogen (secondary N) is 1. The molecule has 0 aromatic heterocycles. The molecule has 1 saturated carbocycles. The number of nitrogens with zero attached hydrogens (tertiary/aromatic N) is 1. The van der Waals surface area contributed by atoms with E-state index in [-0.39, 0.29) is 42.7 Å². The third-order valence-corrected chi connectivity index (χ3v) is 3.46. The van der Waals surface area contributed by atoms with Crippen molar-refractivity contribution in [3.05, 3.63) is 33.9 Å². The highest BCUT2D eigenvalue weighted by Gasteiger charge is 2.35. The number of non-ortho nitro benzene ring substituents is 1. The molecule has 1 amide bonds. The number of nitrogen functional groups attached to an aromatic ring is 1. The molecule has 0 aliphatic heterocycles. The van der Waals surface area contributed by atoms with E-state index in [0.717, 1.165) is 12.1 Å². The van der Waals surface area contributed by atoms with Crippen molar-refractivity contribution in [3.63, 3.8) is 0 Å². The van der Waals surface area contributed by atoms with Crippen LogP contribution in [0.4, 0.5) is 14.5 Å². The molecular weight excluding hydrogens is 300 g/mol. The van der Waals surface area contributed by atoms with Gasteiger partial charge in [0.2, 0.25) is 5.92 Å². The molecule has 0 saturated heterocycles. The molecule has 9 heteroatoms. The van der Waals surface area contributed by atoms with E-state index in [4.69, 9.17) is 10.6 Å². The Kier molecular flexibility index (Phi) is 4.55. The van der Waals surface area contributed by atoms with Crippen molar-refractivity contribution in [3.8, 4) is 5.75 Å². The lowest BCUT2D eigenvalue weighted by Crippen LogP contribution is -2.31. The summed E-state index contributed by atoms with van der Waals surface area (Å²) in [7, 11) is 0. The normalized spacial score (nSPS) is 17.8. The molecule has 2 rings (SSSR count). The fraction of sp³-hybridized carbons (Fsp3) is 0.462. The van der Waals surface area contributed by atoms with Gasteiger partial charge >= 0.3 is 0 Å². The second-order valence-electron chi connectivity index (χ2n) is 5.12. The average molecular weight is 315 g/mol. The van der Waals surface area contributed by atoms with Crippen LogP contribution in [0.15, 0.2) is 18.2 Å². The number of hydrazine groups is 1. The van der Waals surface area contributed by atoms with E-state index in [0.29, 0.717) is 0 Å². The minimum atomic E-state index is -2.69. The van der Waals surface area contributed by atoms with E-state index in [2.05, 4.69) is 0 Å². The Labute approximate surface area is 124 Å². The van der Waals surface area contributed by atoms with Crippen LogP contribution in [0.3, 0.4) is 0 Å². The molecular formula is C13H15F2N3O4. The lowest BCUT2D eigenvalue weighted by atomic mass is 9.94. The van der Waals surface area contributed by atoms with Gasteiger partial charge in [-0.15, -0.1) is 0 Å². The summed E-state index contributed by atoms with van der Waals surface area (Å²) < 4.78 is 31.7. The number of hydrogen-bond donors (Lipinski definition) is 2. The molecule has 7 nitrogen and oxygen atoms in total. The molecule has 0 spiro atoms. The fourth-order valence-electron chi connectivity index (χ4n) is 2.30. The monoisotopic (exact) mass is 315 g/mol. The zero-order valence-corrected chi connectivity index (χ0v) is 11.6. The molecule has 1 fully saturated rings. The summed E-state index contributed by atoms with van der Waals surface area (Å²) in [5.74, 6) is 1.69. The molecule has 22 heavy (non-hydrogen) atoms. The third kappa shape index (κ3) is 3.88. The van der Waals surface area contributed by atoms with Crippen molar-refractivity contribution >= 4 is 11.6 Å². The Morgan fingerprint density at radius 1 is 1.36 bits per heavy atom. The quantitative estimate of drug-likeness (QED) is 0.383. The van der Waals surface area contributed by atoms with E-state index in [1.807, 2.05) is 5.43 Å². The first-order chi connectivity index (χ1) is 10.3. The summed E-state index contributed by atoms with van der Waals surface area (Å²) in [4.78, 5) is 21.7. The van der Waals surface area contributed by atoms with Gasteiger partial charge in [-0.3, -0.25) is 20.3 Å². The number of nitro groups is 1. The standard InChI is InChI=1S/C13H15F2N3O4/c14-13(15)3-1-10(2-4-13)22-11-6-8(12(19)17-16)5-9(7-11)18(20)21/h5-7,10H,1-4,16H2,(H,17,19). The summed E-state index contributed by atoms with van der Waals surface area (Å²) in [5, 5.41) is 10.9. The van der Waals surface area contributed by atoms with E-state index >= 15 is 0 Å². The number of nitro benzene ring substituents is 1. The number of benzene rings is 1. The number of carbonyl (C=O) groups is 1. The topological polar surface area (TPSA) is 107 Å². The van der Waals surface area contributed by atoms with Crippen LogP contribution in [0.2, 0.25) is 0 Å². The summed E-state index contributed by atoms with van der Waals surface area (Å²) >= 11 is 0. The summed E-state index contributed by atoms with van der Waals surface area (Å²) in [5.41, 5.74) is 1.50. The first-order valence-corrected chi connectivity index (χ1v) is 6.65. The van der Waals surface area contributed by atoms with Crippen LogP contribution in [0, 0.1) is 10.1 Å². The Morgan fingerprint density at radius 3 is 2.55 bits per heavy atom. The largest absolute Gasteiger partial charge is 0.490 e. The van der Waals surface area contributed by atoms with Crippen molar-refractivity contribution < 1.29 is 23.2 Å². The second-order valence-corrected chi connectivity index (χ2v) is 5.12. The van der Waals surface area contributed by atoms with Crippen molar-refractivity contribution in [2.24, 2.45) is 5.84 Å². The van der Waals surface area contributed by atoms with Crippen LogP contribution < -0.4 is 16.0 Å². The summed E-state index contributed by atoms with van der Waals surface area (Å²) in [6, 6.07) is 3.51. The summed E-state index contributed by atoms with van der Waals surface area (Å²) in [6.45, 7) is 0. The van der Waals surface area contributed by atoms with Gasteiger partial charge < -0.3 is 4.74 Å². The molecule has 0 unspecified atom stereocenters. The molecule has 1 aliphatic carbocycles. The fourth-order valence-corrected chi connectivity index (χ4v) is 2.30. The molecule has 1 aromatic rings. The molecule has 0 atom stereocenters. The van der Waals surface area contributed by atoms with Crippen LogP contribution in [0.1, 0.15) is 36.0 Å². The number of hydrogen-bond acceptors (Lipinski definition) is 5. The van der Waals surface area contributed by atoms with Crippen LogP contribution in [0.25, 0.3) is 0 Å². The van der Waals surface area contributed by atoms with Crippen LogP contribution in [-0.2, 0) is 0 Å². The van der Waals surface area contributed by atoms with Gasteiger partial charge in [-0.1, -0.05) is 0 Å². The van der Waals surface area contributed by atoms with Gasteiger partial charge in [0.05, 0.1) is 22.7 Å². The van der Waals surface area contributed by atoms with Crippen molar-refractivity contribution in [2.45, 2.75) is 37.7 Å². The number of ether oxygens (including phenoxy) is 1. The minimum absolute atomic E-state index is 0.0344. The van der Waals surface area contributed by atoms with E-state index in [1.54, 1.807) is 0 Å². The molecule has 0 radical (unpaired) electrons. The lowest BCUT2D eigenvalue weighted by molar-refractivity contribution is -0.385. The maximum Gasteiger partial charge on any atom is 0.273 e. The van der Waals surface area contributed by atoms with Gasteiger partial charge in [-0.2, -0.15) is 0 Å². The van der Waals surface area contributed by atoms with Gasteiger partial charge in [0.25, 0.3) is 11.6 Å². The van der Waals surface area contributed by atoms with Gasteiger partial charge in [0.15, 0.2) is 0 Å². The smallest absolute Gasteiger partial charge is 0.273 e. The van der Waals surface area contributed by atoms with Crippen molar-refractivity contribution in [2.75, 3.05) is 0 Å². The van der Waals surface area contributed by atoms with Gasteiger partial charge in [0.1, 0.15) is 5.75 Å². The predicted octanol–water partition coefficient (Wildman–Crippen LogP) is 2.16. The second kappa shape index (κ2) is 6.22. The Morgan fingerprint density at radius 2 is 2.00 bits per heavy atom. The number of nitrogens with two attached hydrogens (primary N) is 1. The highest BCUT2D eigenvalue weighted by atomic mass is 19.3. The zero-order chi connectivity index (χ0) is 16.3. The van der Waals surface area contributed by atoms with Gasteiger partial charge in [0, 0.05) is 18.9 Å². The average Bonchev–Trinajstić information content (AvgIpc) is 2.48. The molecule has 0 bridgehead atoms. The Hall–Kier alpha value is -2.29. The highest BCUT2D eigenvalue weighted by molar-refractivity contribution is 5.94. The third-order valence-electron chi connectivity index (χ3n) is 3.46. The maximum atomic E-state index is 13.1. The van der Waals surface area contributed by atoms with Crippen LogP contribution >= 0.6 is 0 Å². The van der Waals surface area contributed by atoms with Gasteiger partial charge in [-0.25, -0.2) is 14.6 Å². The van der Waals surface area contributed by atoms with E-state index in [1.165, 1.54) is 6.07 Å². The van der Waals surface area contributed by atoms with E-state index < -0.39 is 22.9 Å². The number of rotatable bonds is 4. The Bertz CT molecular complexity index is 585. The van der Waals surface area contributed by atoms with Crippen molar-refractivity contribution in [1.29, 1.82) is 0 Å². The molecule has 3 N–H and O–H groups in total. The molecule has 120 valence electrons. The lowest BCUT2D eigenvalue weighted by Gasteiger charge is -2.28. The molecule has 0 heterocycles. The first-order valence-electron chi connectivity index (χ1n) is 6.65. The number of carbonyl (C=O) groups excluding carboxylic acids is 1. The molecule has 1 aromatic carbocycles. The SMILES string of the molecule is NNC(=O)c1cc(OC2CCC(F)(F)CC2)cc([N+](=O)[O-])c1. The van der Waals surface area contributed by atoms with Crippen molar-refractivity contribution in [1.82, 2.24) is 5.43 Å². The number of alkyl halides is 2. The number of amides is 1. The van der Waals surface area contributed by atoms with Gasteiger partial charge in [-0.05, 0) is 18.9 Å². The number of halogens is 2. The maximum absolute atomic E-state index is 13.1. The highest BCUT2D eigenvalue weighted by Crippen LogP contribution is 2.35. The minimum Gasteiger partial charge on any atom is -0.490 e. The predicted molar refractivity (Wildman–Crippen MR) is 72.6 cm³/mol. The van der Waals surface area contributed by atoms with Crippen LogP contribution in [0.5, 0.6) is 5.75 Å². The Balaban J connectivity index is 2.18. The molecule has 1 aliphatic rings.